The third-order valence-electron chi connectivity index (χ3n) is 2.70. The molecule has 6 heteroatoms. The number of carbonyl (C=O) groups excluding carboxylic acids is 1. The minimum absolute atomic E-state index is 0.0648. The van der Waals surface area contributed by atoms with Crippen molar-refractivity contribution in [1.82, 2.24) is 4.90 Å². The summed E-state index contributed by atoms with van der Waals surface area (Å²) in [6, 6.07) is 3.05. The van der Waals surface area contributed by atoms with E-state index in [0.717, 1.165) is 6.07 Å². The highest BCUT2D eigenvalue weighted by Gasteiger charge is 2.20. The summed E-state index contributed by atoms with van der Waals surface area (Å²) in [6.45, 7) is 5.88. The van der Waals surface area contributed by atoms with Crippen molar-refractivity contribution in [2.24, 2.45) is 0 Å². The van der Waals surface area contributed by atoms with Gasteiger partial charge in [0.1, 0.15) is 5.82 Å². The van der Waals surface area contributed by atoms with Gasteiger partial charge in [-0.15, -0.1) is 0 Å². The average molecular weight is 268 g/mol. The van der Waals surface area contributed by atoms with E-state index in [0.29, 0.717) is 6.54 Å². The minimum atomic E-state index is -1.29. The second kappa shape index (κ2) is 6.17. The first-order chi connectivity index (χ1) is 8.88. The molecule has 19 heavy (non-hydrogen) atoms. The van der Waals surface area contributed by atoms with E-state index in [2.05, 4.69) is 5.32 Å². The molecule has 0 saturated carbocycles. The number of carboxylic acids is 1. The van der Waals surface area contributed by atoms with Crippen LogP contribution in [0.15, 0.2) is 18.2 Å². The fourth-order valence-corrected chi connectivity index (χ4v) is 1.75. The molecule has 0 heterocycles. The highest BCUT2D eigenvalue weighted by Crippen LogP contribution is 2.20. The van der Waals surface area contributed by atoms with Crippen LogP contribution >= 0.6 is 0 Å². The molecule has 0 aliphatic heterocycles. The van der Waals surface area contributed by atoms with Crippen molar-refractivity contribution in [2.45, 2.75) is 26.8 Å². The maximum atomic E-state index is 13.6. The molecule has 0 spiro atoms. The first-order valence-electron chi connectivity index (χ1n) is 5.97. The lowest BCUT2D eigenvalue weighted by atomic mass is 10.1. The smallest absolute Gasteiger partial charge is 0.337 e. The lowest BCUT2D eigenvalue weighted by Crippen LogP contribution is -2.40. The molecule has 0 bridgehead atoms. The van der Waals surface area contributed by atoms with Crippen LogP contribution in [0.25, 0.3) is 0 Å². The summed E-state index contributed by atoms with van der Waals surface area (Å²) in [6.07, 6.45) is 0. The number of benzene rings is 1. The lowest BCUT2D eigenvalue weighted by Gasteiger charge is -2.25. The van der Waals surface area contributed by atoms with Crippen molar-refractivity contribution in [3.63, 3.8) is 0 Å². The van der Waals surface area contributed by atoms with Crippen LogP contribution in [-0.2, 0) is 0 Å². The average Bonchev–Trinajstić information content (AvgIpc) is 2.31. The van der Waals surface area contributed by atoms with Gasteiger partial charge in [-0.2, -0.15) is 0 Å². The Balaban J connectivity index is 3.05. The molecule has 0 saturated heterocycles. The van der Waals surface area contributed by atoms with Crippen LogP contribution in [0.4, 0.5) is 14.9 Å². The van der Waals surface area contributed by atoms with Gasteiger partial charge < -0.3 is 15.3 Å². The molecule has 1 rings (SSSR count). The van der Waals surface area contributed by atoms with E-state index >= 15 is 0 Å². The maximum absolute atomic E-state index is 13.6. The standard InChI is InChI=1S/C13H17FN2O3/c1-4-16(8(2)3)13(19)15-11-9(12(17)18)6-5-7-10(11)14/h5-8H,4H2,1-3H3,(H,15,19)(H,17,18). The number of halogens is 1. The molecule has 0 aromatic heterocycles. The molecule has 0 fully saturated rings. The summed E-state index contributed by atoms with van der Waals surface area (Å²) in [5, 5.41) is 11.3. The number of rotatable bonds is 4. The maximum Gasteiger partial charge on any atom is 0.337 e. The predicted octanol–water partition coefficient (Wildman–Crippen LogP) is 2.79. The van der Waals surface area contributed by atoms with Gasteiger partial charge in [0, 0.05) is 12.6 Å². The first kappa shape index (κ1) is 14.9. The Morgan fingerprint density at radius 1 is 1.42 bits per heavy atom. The summed E-state index contributed by atoms with van der Waals surface area (Å²) in [5.74, 6) is -2.06. The van der Waals surface area contributed by atoms with Gasteiger partial charge in [0.05, 0.1) is 11.3 Å². The van der Waals surface area contributed by atoms with E-state index in [1.807, 2.05) is 13.8 Å². The number of carbonyl (C=O) groups is 2. The molecule has 0 aliphatic rings. The van der Waals surface area contributed by atoms with Gasteiger partial charge in [0.25, 0.3) is 0 Å². The van der Waals surface area contributed by atoms with Crippen LogP contribution in [0.1, 0.15) is 31.1 Å². The number of nitrogens with zero attached hydrogens (tertiary/aromatic N) is 1. The number of urea groups is 1. The Kier molecular flexibility index (Phi) is 4.86. The third kappa shape index (κ3) is 3.43. The van der Waals surface area contributed by atoms with Crippen LogP contribution in [0.2, 0.25) is 0 Å². The summed E-state index contributed by atoms with van der Waals surface area (Å²) >= 11 is 0. The highest BCUT2D eigenvalue weighted by molar-refractivity contribution is 6.00. The van der Waals surface area contributed by atoms with Gasteiger partial charge in [-0.25, -0.2) is 14.0 Å². The van der Waals surface area contributed by atoms with E-state index in [9.17, 15) is 14.0 Å². The normalized spacial score (nSPS) is 10.4. The molecule has 5 nitrogen and oxygen atoms in total. The van der Waals surface area contributed by atoms with E-state index < -0.39 is 17.8 Å². The van der Waals surface area contributed by atoms with Crippen LogP contribution in [0, 0.1) is 5.82 Å². The first-order valence-corrected chi connectivity index (χ1v) is 5.97. The van der Waals surface area contributed by atoms with Crippen molar-refractivity contribution in [2.75, 3.05) is 11.9 Å². The summed E-state index contributed by atoms with van der Waals surface area (Å²) in [4.78, 5) is 24.4. The van der Waals surface area contributed by atoms with Crippen molar-refractivity contribution in [1.29, 1.82) is 0 Å². The Morgan fingerprint density at radius 2 is 2.05 bits per heavy atom. The zero-order valence-corrected chi connectivity index (χ0v) is 11.1. The molecule has 104 valence electrons. The molecule has 0 aliphatic carbocycles. The van der Waals surface area contributed by atoms with E-state index in [1.165, 1.54) is 17.0 Å². The topological polar surface area (TPSA) is 69.6 Å². The van der Waals surface area contributed by atoms with E-state index in [1.54, 1.807) is 6.92 Å². The zero-order chi connectivity index (χ0) is 14.6. The van der Waals surface area contributed by atoms with Crippen molar-refractivity contribution in [3.05, 3.63) is 29.6 Å². The van der Waals surface area contributed by atoms with Crippen molar-refractivity contribution in [3.8, 4) is 0 Å². The molecule has 0 atom stereocenters. The van der Waals surface area contributed by atoms with Crippen LogP contribution < -0.4 is 5.32 Å². The Labute approximate surface area is 111 Å². The molecule has 2 amide bonds. The number of carboxylic acid groups (broad SMARTS) is 1. The fourth-order valence-electron chi connectivity index (χ4n) is 1.75. The van der Waals surface area contributed by atoms with Gasteiger partial charge in [0.15, 0.2) is 0 Å². The summed E-state index contributed by atoms with van der Waals surface area (Å²) < 4.78 is 13.6. The Hall–Kier alpha value is -2.11. The van der Waals surface area contributed by atoms with Crippen LogP contribution in [0.3, 0.4) is 0 Å². The number of hydrogen-bond acceptors (Lipinski definition) is 2. The number of aromatic carboxylic acids is 1. The zero-order valence-electron chi connectivity index (χ0n) is 11.1. The van der Waals surface area contributed by atoms with E-state index in [-0.39, 0.29) is 17.3 Å². The number of anilines is 1. The lowest BCUT2D eigenvalue weighted by molar-refractivity contribution is 0.0697. The second-order valence-electron chi connectivity index (χ2n) is 4.28. The largest absolute Gasteiger partial charge is 0.478 e. The van der Waals surface area contributed by atoms with Crippen molar-refractivity contribution >= 4 is 17.7 Å². The number of amides is 2. The van der Waals surface area contributed by atoms with E-state index in [4.69, 9.17) is 5.11 Å². The molecular weight excluding hydrogens is 251 g/mol. The molecule has 1 aromatic rings. The molecule has 2 N–H and O–H groups in total. The third-order valence-corrected chi connectivity index (χ3v) is 2.70. The molecule has 1 aromatic carbocycles. The van der Waals surface area contributed by atoms with Gasteiger partial charge in [-0.05, 0) is 32.9 Å². The van der Waals surface area contributed by atoms with Gasteiger partial charge in [0.2, 0.25) is 0 Å². The predicted molar refractivity (Wildman–Crippen MR) is 69.9 cm³/mol. The van der Waals surface area contributed by atoms with Gasteiger partial charge >= 0.3 is 12.0 Å². The van der Waals surface area contributed by atoms with Crippen LogP contribution in [-0.4, -0.2) is 34.6 Å². The van der Waals surface area contributed by atoms with Crippen LogP contribution in [0.5, 0.6) is 0 Å². The SMILES string of the molecule is CCN(C(=O)Nc1c(F)cccc1C(=O)O)C(C)C. The summed E-state index contributed by atoms with van der Waals surface area (Å²) in [7, 11) is 0. The highest BCUT2D eigenvalue weighted by atomic mass is 19.1. The monoisotopic (exact) mass is 268 g/mol. The number of nitrogens with one attached hydrogen (secondary N) is 1. The molecular formula is C13H17FN2O3. The minimum Gasteiger partial charge on any atom is -0.478 e. The number of hydrogen-bond donors (Lipinski definition) is 2. The quantitative estimate of drug-likeness (QED) is 0.882. The Morgan fingerprint density at radius 3 is 2.53 bits per heavy atom. The molecule has 0 unspecified atom stereocenters. The van der Waals surface area contributed by atoms with Gasteiger partial charge in [-0.1, -0.05) is 6.07 Å². The van der Waals surface area contributed by atoms with Gasteiger partial charge in [-0.3, -0.25) is 0 Å². The molecule has 0 radical (unpaired) electrons. The Bertz CT molecular complexity index is 489. The number of para-hydroxylation sites is 1. The fraction of sp³-hybridized carbons (Fsp3) is 0.385. The summed E-state index contributed by atoms with van der Waals surface area (Å²) in [5.41, 5.74) is -0.577. The van der Waals surface area contributed by atoms with Crippen molar-refractivity contribution < 1.29 is 19.1 Å². The second-order valence-corrected chi connectivity index (χ2v) is 4.28.